The van der Waals surface area contributed by atoms with E-state index in [1.165, 1.54) is 4.88 Å². The molecule has 1 aliphatic carbocycles. The van der Waals surface area contributed by atoms with Gasteiger partial charge in [0.2, 0.25) is 0 Å². The molecule has 24 heavy (non-hydrogen) atoms. The number of nitrogens with zero attached hydrogens (tertiary/aromatic N) is 1. The van der Waals surface area contributed by atoms with Crippen molar-refractivity contribution in [3.05, 3.63) is 94.3 Å². The maximum absolute atomic E-state index is 12.8. The van der Waals surface area contributed by atoms with Crippen molar-refractivity contribution >= 4 is 28.5 Å². The van der Waals surface area contributed by atoms with Crippen LogP contribution in [-0.4, -0.2) is 5.78 Å². The second-order valence-corrected chi connectivity index (χ2v) is 6.78. The fourth-order valence-corrected chi connectivity index (χ4v) is 3.90. The van der Waals surface area contributed by atoms with Crippen LogP contribution in [-0.2, 0) is 6.42 Å². The van der Waals surface area contributed by atoms with E-state index in [1.807, 2.05) is 54.0 Å². The highest BCUT2D eigenvalue weighted by molar-refractivity contribution is 7.10. The number of para-hydroxylation sites is 2. The number of hydrogen-bond donors (Lipinski definition) is 0. The van der Waals surface area contributed by atoms with Gasteiger partial charge in [-0.3, -0.25) is 4.79 Å². The molecule has 4 rings (SSSR count). The third kappa shape index (κ3) is 2.79. The maximum Gasteiger partial charge on any atom is 0.191 e. The van der Waals surface area contributed by atoms with Crippen LogP contribution in [0.25, 0.3) is 0 Å². The van der Waals surface area contributed by atoms with Gasteiger partial charge in [0.25, 0.3) is 0 Å². The SMILES string of the molecule is O=C1/C(=C/N(c2ccccc2)c2ccccc2)CCc2sccc21. The number of Topliss-reactive ketones (excluding diaryl/α,β-unsaturated/α-hetero) is 1. The smallest absolute Gasteiger partial charge is 0.191 e. The molecule has 1 aliphatic rings. The third-order valence-electron chi connectivity index (χ3n) is 4.26. The van der Waals surface area contributed by atoms with Crippen molar-refractivity contribution in [1.82, 2.24) is 0 Å². The molecule has 0 aliphatic heterocycles. The van der Waals surface area contributed by atoms with Crippen LogP contribution in [0.4, 0.5) is 11.4 Å². The second-order valence-electron chi connectivity index (χ2n) is 5.78. The Kier molecular flexibility index (Phi) is 4.01. The first kappa shape index (κ1) is 14.9. The Hall–Kier alpha value is -2.65. The molecule has 0 unspecified atom stereocenters. The quantitative estimate of drug-likeness (QED) is 0.582. The Morgan fingerprint density at radius 3 is 2.08 bits per heavy atom. The van der Waals surface area contributed by atoms with Crippen molar-refractivity contribution in [3.63, 3.8) is 0 Å². The van der Waals surface area contributed by atoms with Gasteiger partial charge in [-0.25, -0.2) is 0 Å². The monoisotopic (exact) mass is 331 g/mol. The van der Waals surface area contributed by atoms with Gasteiger partial charge in [-0.15, -0.1) is 11.3 Å². The van der Waals surface area contributed by atoms with E-state index in [0.717, 1.165) is 35.4 Å². The lowest BCUT2D eigenvalue weighted by Gasteiger charge is -2.23. The van der Waals surface area contributed by atoms with Gasteiger partial charge in [0.05, 0.1) is 0 Å². The normalized spacial score (nSPS) is 15.3. The predicted octanol–water partition coefficient (Wildman–Crippen LogP) is 5.60. The summed E-state index contributed by atoms with van der Waals surface area (Å²) < 4.78 is 0. The maximum atomic E-state index is 12.8. The lowest BCUT2D eigenvalue weighted by Crippen LogP contribution is -2.17. The van der Waals surface area contributed by atoms with Crippen LogP contribution in [0.5, 0.6) is 0 Å². The lowest BCUT2D eigenvalue weighted by atomic mass is 9.93. The number of hydrogen-bond acceptors (Lipinski definition) is 3. The molecule has 2 aromatic carbocycles. The number of ketones is 1. The van der Waals surface area contributed by atoms with Gasteiger partial charge in [-0.05, 0) is 48.6 Å². The molecule has 118 valence electrons. The first-order valence-corrected chi connectivity index (χ1v) is 8.92. The largest absolute Gasteiger partial charge is 0.317 e. The zero-order valence-electron chi connectivity index (χ0n) is 13.2. The van der Waals surface area contributed by atoms with Crippen LogP contribution < -0.4 is 4.90 Å². The summed E-state index contributed by atoms with van der Waals surface area (Å²) in [4.78, 5) is 16.1. The van der Waals surface area contributed by atoms with Gasteiger partial charge in [-0.1, -0.05) is 36.4 Å². The minimum absolute atomic E-state index is 0.161. The molecule has 0 radical (unpaired) electrons. The number of thiophene rings is 1. The molecule has 1 aromatic heterocycles. The first-order chi connectivity index (χ1) is 11.8. The third-order valence-corrected chi connectivity index (χ3v) is 5.24. The lowest BCUT2D eigenvalue weighted by molar-refractivity contribution is 0.102. The molecule has 1 heterocycles. The molecule has 0 atom stereocenters. The molecule has 0 saturated heterocycles. The summed E-state index contributed by atoms with van der Waals surface area (Å²) in [6.07, 6.45) is 3.75. The predicted molar refractivity (Wildman–Crippen MR) is 100 cm³/mol. The highest BCUT2D eigenvalue weighted by Crippen LogP contribution is 2.32. The molecule has 0 spiro atoms. The Morgan fingerprint density at radius 1 is 0.833 bits per heavy atom. The molecule has 3 heteroatoms. The van der Waals surface area contributed by atoms with Crippen LogP contribution in [0.1, 0.15) is 21.7 Å². The van der Waals surface area contributed by atoms with Crippen LogP contribution in [0.15, 0.2) is 83.9 Å². The molecular weight excluding hydrogens is 314 g/mol. The summed E-state index contributed by atoms with van der Waals surface area (Å²) in [7, 11) is 0. The van der Waals surface area contributed by atoms with Crippen molar-refractivity contribution in [1.29, 1.82) is 0 Å². The van der Waals surface area contributed by atoms with E-state index in [-0.39, 0.29) is 5.78 Å². The van der Waals surface area contributed by atoms with Crippen LogP contribution in [0, 0.1) is 0 Å². The molecule has 2 nitrogen and oxygen atoms in total. The van der Waals surface area contributed by atoms with Gasteiger partial charge in [0, 0.05) is 33.6 Å². The van der Waals surface area contributed by atoms with Gasteiger partial charge in [-0.2, -0.15) is 0 Å². The fraction of sp³-hybridized carbons (Fsp3) is 0.0952. The number of carbonyl (C=O) groups excluding carboxylic acids is 1. The molecule has 0 amide bonds. The fourth-order valence-electron chi connectivity index (χ4n) is 3.03. The average molecular weight is 331 g/mol. The van der Waals surface area contributed by atoms with E-state index < -0.39 is 0 Å². The van der Waals surface area contributed by atoms with Gasteiger partial charge < -0.3 is 4.90 Å². The molecule has 0 saturated carbocycles. The summed E-state index contributed by atoms with van der Waals surface area (Å²) >= 11 is 1.68. The minimum Gasteiger partial charge on any atom is -0.317 e. The Bertz CT molecular complexity index is 841. The number of rotatable bonds is 3. The summed E-state index contributed by atoms with van der Waals surface area (Å²) in [5.41, 5.74) is 3.85. The number of fused-ring (bicyclic) bond motifs is 1. The number of anilines is 2. The topological polar surface area (TPSA) is 20.3 Å². The number of aryl methyl sites for hydroxylation is 1. The van der Waals surface area contributed by atoms with E-state index in [4.69, 9.17) is 0 Å². The van der Waals surface area contributed by atoms with E-state index in [0.29, 0.717) is 0 Å². The summed E-state index contributed by atoms with van der Waals surface area (Å²) in [6, 6.07) is 22.3. The van der Waals surface area contributed by atoms with Gasteiger partial charge in [0.15, 0.2) is 5.78 Å². The van der Waals surface area contributed by atoms with Crippen LogP contribution in [0.3, 0.4) is 0 Å². The average Bonchev–Trinajstić information content (AvgIpc) is 3.12. The van der Waals surface area contributed by atoms with E-state index in [9.17, 15) is 4.79 Å². The molecule has 0 fully saturated rings. The summed E-state index contributed by atoms with van der Waals surface area (Å²) in [5, 5.41) is 2.01. The zero-order valence-corrected chi connectivity index (χ0v) is 14.0. The molecule has 0 N–H and O–H groups in total. The van der Waals surface area contributed by atoms with Crippen molar-refractivity contribution in [2.45, 2.75) is 12.8 Å². The highest BCUT2D eigenvalue weighted by Gasteiger charge is 2.24. The Labute approximate surface area is 145 Å². The van der Waals surface area contributed by atoms with E-state index >= 15 is 0 Å². The van der Waals surface area contributed by atoms with Crippen molar-refractivity contribution in [3.8, 4) is 0 Å². The second kappa shape index (κ2) is 6.46. The summed E-state index contributed by atoms with van der Waals surface area (Å²) in [5.74, 6) is 0.161. The van der Waals surface area contributed by atoms with Crippen LogP contribution >= 0.6 is 11.3 Å². The molecule has 3 aromatic rings. The first-order valence-electron chi connectivity index (χ1n) is 8.04. The number of benzene rings is 2. The van der Waals surface area contributed by atoms with E-state index in [2.05, 4.69) is 29.2 Å². The van der Waals surface area contributed by atoms with Crippen molar-refractivity contribution < 1.29 is 4.79 Å². The zero-order chi connectivity index (χ0) is 16.4. The molecular formula is C21H17NOS. The minimum atomic E-state index is 0.161. The van der Waals surface area contributed by atoms with Crippen LogP contribution in [0.2, 0.25) is 0 Å². The Balaban J connectivity index is 1.77. The van der Waals surface area contributed by atoms with E-state index in [1.54, 1.807) is 11.3 Å². The number of carbonyl (C=O) groups is 1. The summed E-state index contributed by atoms with van der Waals surface area (Å²) in [6.45, 7) is 0. The van der Waals surface area contributed by atoms with Crippen molar-refractivity contribution in [2.75, 3.05) is 4.90 Å². The molecule has 0 bridgehead atoms. The Morgan fingerprint density at radius 2 is 1.46 bits per heavy atom. The number of allylic oxidation sites excluding steroid dienone is 1. The highest BCUT2D eigenvalue weighted by atomic mass is 32.1. The van der Waals surface area contributed by atoms with Gasteiger partial charge in [0.1, 0.15) is 0 Å². The van der Waals surface area contributed by atoms with Gasteiger partial charge >= 0.3 is 0 Å². The standard InChI is InChI=1S/C21H17NOS/c23-21-16(11-12-20-19(21)13-14-24-20)15-22(17-7-3-1-4-8-17)18-9-5-2-6-10-18/h1-10,13-15H,11-12H2/b16-15+. The van der Waals surface area contributed by atoms with Crippen molar-refractivity contribution in [2.24, 2.45) is 0 Å².